The van der Waals surface area contributed by atoms with Gasteiger partial charge in [0.25, 0.3) is 0 Å². The largest absolute Gasteiger partial charge is 0.0851 e. The van der Waals surface area contributed by atoms with E-state index < -0.39 is 0 Å². The Morgan fingerprint density at radius 1 is 1.07 bits per heavy atom. The van der Waals surface area contributed by atoms with E-state index >= 15 is 0 Å². The Hall–Kier alpha value is -1.04. The lowest BCUT2D eigenvalue weighted by molar-refractivity contribution is 0.530. The molecule has 0 N–H and O–H groups in total. The molecule has 0 saturated heterocycles. The average molecular weight is 198 g/mol. The van der Waals surface area contributed by atoms with Crippen LogP contribution in [0.4, 0.5) is 0 Å². The maximum absolute atomic E-state index is 2.44. The van der Waals surface area contributed by atoms with Gasteiger partial charge in [0.1, 0.15) is 0 Å². The maximum atomic E-state index is 2.44. The molecule has 0 aromatic rings. The van der Waals surface area contributed by atoms with Crippen molar-refractivity contribution in [1.82, 2.24) is 0 Å². The highest BCUT2D eigenvalue weighted by atomic mass is 14.4. The van der Waals surface area contributed by atoms with Crippen LogP contribution in [0.15, 0.2) is 48.1 Å². The van der Waals surface area contributed by atoms with E-state index in [0.717, 1.165) is 17.8 Å². The molecule has 0 aromatic carbocycles. The van der Waals surface area contributed by atoms with Gasteiger partial charge in [-0.15, -0.1) is 0 Å². The van der Waals surface area contributed by atoms with Gasteiger partial charge in [0.2, 0.25) is 0 Å². The van der Waals surface area contributed by atoms with Crippen LogP contribution in [0.25, 0.3) is 0 Å². The minimum Gasteiger partial charge on any atom is -0.0851 e. The fourth-order valence-corrected chi connectivity index (χ4v) is 3.14. The molecule has 0 heteroatoms. The second-order valence-corrected chi connectivity index (χ2v) is 5.16. The second kappa shape index (κ2) is 3.52. The van der Waals surface area contributed by atoms with Gasteiger partial charge in [-0.1, -0.05) is 49.5 Å². The molecule has 0 radical (unpaired) electrons. The summed E-state index contributed by atoms with van der Waals surface area (Å²) in [6.45, 7) is 2.24. The van der Waals surface area contributed by atoms with Crippen molar-refractivity contribution in [3.63, 3.8) is 0 Å². The summed E-state index contributed by atoms with van der Waals surface area (Å²) in [6.07, 6.45) is 19.1. The molecule has 0 heterocycles. The van der Waals surface area contributed by atoms with Gasteiger partial charge in [-0.05, 0) is 42.1 Å². The molecule has 15 heavy (non-hydrogen) atoms. The van der Waals surface area contributed by atoms with Crippen molar-refractivity contribution in [3.05, 3.63) is 48.1 Å². The van der Waals surface area contributed by atoms with Gasteiger partial charge < -0.3 is 0 Å². The van der Waals surface area contributed by atoms with E-state index in [1.165, 1.54) is 12.8 Å². The van der Waals surface area contributed by atoms with Gasteiger partial charge in [0, 0.05) is 0 Å². The summed E-state index contributed by atoms with van der Waals surface area (Å²) >= 11 is 0. The van der Waals surface area contributed by atoms with E-state index in [2.05, 4.69) is 49.5 Å². The van der Waals surface area contributed by atoms with E-state index in [9.17, 15) is 0 Å². The van der Waals surface area contributed by atoms with E-state index in [0.29, 0.717) is 5.92 Å². The first kappa shape index (κ1) is 9.21. The smallest absolute Gasteiger partial charge is 0.00755 e. The Morgan fingerprint density at radius 3 is 2.73 bits per heavy atom. The lowest BCUT2D eigenvalue weighted by atomic mass is 9.86. The normalized spacial score (nSPS) is 42.1. The van der Waals surface area contributed by atoms with Crippen LogP contribution in [0.2, 0.25) is 0 Å². The Morgan fingerprint density at radius 2 is 2.00 bits per heavy atom. The number of hydrogen-bond donors (Lipinski definition) is 0. The zero-order valence-electron chi connectivity index (χ0n) is 9.27. The van der Waals surface area contributed by atoms with Crippen LogP contribution >= 0.6 is 0 Å². The van der Waals surface area contributed by atoms with Crippen molar-refractivity contribution < 1.29 is 0 Å². The Balaban J connectivity index is 1.83. The van der Waals surface area contributed by atoms with Gasteiger partial charge in [0.15, 0.2) is 0 Å². The van der Waals surface area contributed by atoms with E-state index in [1.54, 1.807) is 5.57 Å². The van der Waals surface area contributed by atoms with Crippen LogP contribution < -0.4 is 0 Å². The zero-order valence-corrected chi connectivity index (χ0v) is 9.27. The summed E-state index contributed by atoms with van der Waals surface area (Å²) in [5.41, 5.74) is 1.55. The van der Waals surface area contributed by atoms with Gasteiger partial charge >= 0.3 is 0 Å². The first-order chi connectivity index (χ1) is 7.33. The summed E-state index contributed by atoms with van der Waals surface area (Å²) in [4.78, 5) is 0. The molecule has 78 valence electrons. The number of hydrogen-bond acceptors (Lipinski definition) is 0. The third kappa shape index (κ3) is 1.62. The summed E-state index contributed by atoms with van der Waals surface area (Å²) in [5.74, 6) is 3.09. The van der Waals surface area contributed by atoms with E-state index in [1.807, 2.05) is 0 Å². The molecule has 0 spiro atoms. The molecule has 1 fully saturated rings. The monoisotopic (exact) mass is 198 g/mol. The first-order valence-corrected chi connectivity index (χ1v) is 6.08. The molecule has 0 nitrogen and oxygen atoms in total. The predicted octanol–water partition coefficient (Wildman–Crippen LogP) is 3.89. The maximum Gasteiger partial charge on any atom is -0.00755 e. The fraction of sp³-hybridized carbons (Fsp3) is 0.467. The Bertz CT molecular complexity index is 367. The average Bonchev–Trinajstić information content (AvgIpc) is 2.79. The van der Waals surface area contributed by atoms with Crippen LogP contribution in [-0.4, -0.2) is 0 Å². The minimum atomic E-state index is 0.591. The molecule has 3 aliphatic carbocycles. The lowest BCUT2D eigenvalue weighted by Crippen LogP contribution is -2.08. The molecule has 0 amide bonds. The fourth-order valence-electron chi connectivity index (χ4n) is 3.14. The molecule has 3 rings (SSSR count). The third-order valence-corrected chi connectivity index (χ3v) is 4.00. The molecule has 4 atom stereocenters. The quantitative estimate of drug-likeness (QED) is 0.561. The lowest BCUT2D eigenvalue weighted by Gasteiger charge is -2.19. The third-order valence-electron chi connectivity index (χ3n) is 4.00. The van der Waals surface area contributed by atoms with Crippen molar-refractivity contribution in [1.29, 1.82) is 0 Å². The van der Waals surface area contributed by atoms with Crippen LogP contribution in [0.1, 0.15) is 19.8 Å². The predicted molar refractivity (Wildman–Crippen MR) is 64.4 cm³/mol. The molecule has 4 unspecified atom stereocenters. The van der Waals surface area contributed by atoms with Gasteiger partial charge in [-0.2, -0.15) is 0 Å². The topological polar surface area (TPSA) is 0 Å². The molecular formula is C15H18. The van der Waals surface area contributed by atoms with Crippen LogP contribution in [0.5, 0.6) is 0 Å². The van der Waals surface area contributed by atoms with Crippen molar-refractivity contribution >= 4 is 0 Å². The Labute approximate surface area is 92.1 Å². The highest BCUT2D eigenvalue weighted by molar-refractivity contribution is 5.34. The summed E-state index contributed by atoms with van der Waals surface area (Å²) in [7, 11) is 0. The SMILES string of the molecule is CC1C=CC=C(C2CC3C=CC2C3)C=C1. The summed E-state index contributed by atoms with van der Waals surface area (Å²) < 4.78 is 0. The molecule has 2 bridgehead atoms. The molecule has 3 aliphatic rings. The van der Waals surface area contributed by atoms with Gasteiger partial charge in [-0.3, -0.25) is 0 Å². The van der Waals surface area contributed by atoms with Crippen LogP contribution in [0, 0.1) is 23.7 Å². The highest BCUT2D eigenvalue weighted by Crippen LogP contribution is 2.47. The van der Waals surface area contributed by atoms with E-state index in [4.69, 9.17) is 0 Å². The molecular weight excluding hydrogens is 180 g/mol. The van der Waals surface area contributed by atoms with Crippen molar-refractivity contribution in [3.8, 4) is 0 Å². The minimum absolute atomic E-state index is 0.591. The Kier molecular flexibility index (Phi) is 2.16. The molecule has 1 saturated carbocycles. The zero-order chi connectivity index (χ0) is 10.3. The number of rotatable bonds is 1. The molecule has 0 aliphatic heterocycles. The van der Waals surface area contributed by atoms with Crippen molar-refractivity contribution in [2.45, 2.75) is 19.8 Å². The van der Waals surface area contributed by atoms with Gasteiger partial charge in [0.05, 0.1) is 0 Å². The van der Waals surface area contributed by atoms with Crippen molar-refractivity contribution in [2.75, 3.05) is 0 Å². The highest BCUT2D eigenvalue weighted by Gasteiger charge is 2.36. The number of fused-ring (bicyclic) bond motifs is 2. The molecule has 0 aromatic heterocycles. The second-order valence-electron chi connectivity index (χ2n) is 5.16. The number of allylic oxidation sites excluding steroid dienone is 8. The van der Waals surface area contributed by atoms with Gasteiger partial charge in [-0.25, -0.2) is 0 Å². The standard InChI is InChI=1S/C15H18/c1-11-3-2-4-13(7-5-11)15-10-12-6-8-14(15)9-12/h2-8,11-12,14-15H,9-10H2,1H3. The van der Waals surface area contributed by atoms with Crippen LogP contribution in [-0.2, 0) is 0 Å². The summed E-state index contributed by atoms with van der Waals surface area (Å²) in [5, 5.41) is 0. The van der Waals surface area contributed by atoms with Crippen LogP contribution in [0.3, 0.4) is 0 Å². The summed E-state index contributed by atoms with van der Waals surface area (Å²) in [6, 6.07) is 0. The van der Waals surface area contributed by atoms with E-state index in [-0.39, 0.29) is 0 Å². The first-order valence-electron chi connectivity index (χ1n) is 6.08. The van der Waals surface area contributed by atoms with Crippen molar-refractivity contribution in [2.24, 2.45) is 23.7 Å².